The molecule has 0 bridgehead atoms. The summed E-state index contributed by atoms with van der Waals surface area (Å²) in [6, 6.07) is 74.0. The summed E-state index contributed by atoms with van der Waals surface area (Å²) in [7, 11) is 0. The van der Waals surface area contributed by atoms with Gasteiger partial charge in [0.2, 0.25) is 0 Å². The Morgan fingerprint density at radius 1 is 0.475 bits per heavy atom. The van der Waals surface area contributed by atoms with Crippen molar-refractivity contribution in [1.82, 2.24) is 4.98 Å². The topological polar surface area (TPSA) is 74.6 Å². The molecule has 8 aromatic carbocycles. The quantitative estimate of drug-likeness (QED) is 0.123. The maximum absolute atomic E-state index is 8.74. The van der Waals surface area contributed by atoms with Gasteiger partial charge in [-0.2, -0.15) is 0 Å². The fraction of sp³-hybridized carbons (Fsp3) is 0. The van der Waals surface area contributed by atoms with Crippen LogP contribution in [0.4, 0.5) is 0 Å². The van der Waals surface area contributed by atoms with E-state index in [2.05, 4.69) is 132 Å². The molecule has 0 saturated heterocycles. The van der Waals surface area contributed by atoms with Crippen LogP contribution in [-0.4, -0.2) is 22.9 Å². The van der Waals surface area contributed by atoms with E-state index >= 15 is 0 Å². The summed E-state index contributed by atoms with van der Waals surface area (Å²) >= 11 is 0. The zero-order chi connectivity index (χ0) is 41.0. The third-order valence-electron chi connectivity index (χ3n) is 10.8. The molecular weight excluding hydrogens is 745 g/mol. The highest BCUT2D eigenvalue weighted by atomic mass is 16.3. The van der Waals surface area contributed by atoms with Crippen LogP contribution in [0.25, 0.3) is 77.8 Å². The Balaban J connectivity index is 1.17. The Labute approximate surface area is 354 Å². The lowest BCUT2D eigenvalue weighted by molar-refractivity contribution is 0.636. The van der Waals surface area contributed by atoms with Gasteiger partial charge in [0.15, 0.2) is 11.7 Å². The zero-order valence-electron chi connectivity index (χ0n) is 33.1. The van der Waals surface area contributed by atoms with E-state index in [0.29, 0.717) is 5.84 Å². The van der Waals surface area contributed by atoms with Crippen LogP contribution < -0.4 is 0 Å². The molecule has 288 valence electrons. The number of aliphatic imine (C=N–C) groups is 2. The molecular formula is C56H38N4O. The number of furan rings is 1. The summed E-state index contributed by atoms with van der Waals surface area (Å²) in [5.74, 6) is 1.37. The normalized spacial score (nSPS) is 11.7. The standard InChI is InChI=1S/C56H38N4O/c57-55(43-24-12-4-13-25-43)60-56(44-26-14-5-15-27-44)58-37-38-30-32-41(33-31-38)50-51-52(42-22-10-3-11-23-42)59-49-29-17-16-28-48(49)54(51)61-53(50)47-35-45(39-18-6-1-7-19-39)34-46(36-47)40-20-8-2-9-21-40/h1-37,57H. The van der Waals surface area contributed by atoms with Gasteiger partial charge in [-0.05, 0) is 63.7 Å². The van der Waals surface area contributed by atoms with Gasteiger partial charge in [-0.15, -0.1) is 0 Å². The summed E-state index contributed by atoms with van der Waals surface area (Å²) in [5.41, 5.74) is 13.3. The lowest BCUT2D eigenvalue weighted by atomic mass is 9.91. The maximum atomic E-state index is 8.74. The van der Waals surface area contributed by atoms with Crippen LogP contribution in [0.1, 0.15) is 16.7 Å². The third kappa shape index (κ3) is 7.60. The Morgan fingerprint density at radius 2 is 0.984 bits per heavy atom. The molecule has 2 aromatic heterocycles. The lowest BCUT2D eigenvalue weighted by Crippen LogP contribution is -2.04. The number of aromatic nitrogens is 1. The first-order chi connectivity index (χ1) is 30.2. The Hall–Kier alpha value is -8.28. The monoisotopic (exact) mass is 782 g/mol. The fourth-order valence-corrected chi connectivity index (χ4v) is 7.82. The molecule has 0 saturated carbocycles. The summed E-state index contributed by atoms with van der Waals surface area (Å²) < 4.78 is 7.23. The second kappa shape index (κ2) is 16.5. The van der Waals surface area contributed by atoms with Crippen molar-refractivity contribution in [1.29, 1.82) is 5.41 Å². The van der Waals surface area contributed by atoms with Crippen molar-refractivity contribution in [2.75, 3.05) is 0 Å². The number of benzene rings is 8. The van der Waals surface area contributed by atoms with Crippen molar-refractivity contribution < 1.29 is 4.42 Å². The molecule has 0 aliphatic rings. The van der Waals surface area contributed by atoms with Gasteiger partial charge in [-0.1, -0.05) is 188 Å². The molecule has 5 nitrogen and oxygen atoms in total. The van der Waals surface area contributed by atoms with Crippen LogP contribution in [0.3, 0.4) is 0 Å². The highest BCUT2D eigenvalue weighted by molar-refractivity contribution is 6.17. The average Bonchev–Trinajstić information content (AvgIpc) is 3.75. The molecule has 0 aliphatic heterocycles. The van der Waals surface area contributed by atoms with Crippen LogP contribution in [0, 0.1) is 5.41 Å². The van der Waals surface area contributed by atoms with E-state index in [1.165, 1.54) is 0 Å². The third-order valence-corrected chi connectivity index (χ3v) is 10.8. The van der Waals surface area contributed by atoms with Crippen molar-refractivity contribution in [2.24, 2.45) is 9.98 Å². The lowest BCUT2D eigenvalue weighted by Gasteiger charge is -2.12. The van der Waals surface area contributed by atoms with Crippen LogP contribution >= 0.6 is 0 Å². The van der Waals surface area contributed by atoms with Crippen molar-refractivity contribution in [3.8, 4) is 56.0 Å². The number of pyridine rings is 1. The number of para-hydroxylation sites is 1. The van der Waals surface area contributed by atoms with E-state index in [9.17, 15) is 0 Å². The second-order valence-corrected chi connectivity index (χ2v) is 14.8. The molecule has 1 N–H and O–H groups in total. The van der Waals surface area contributed by atoms with Crippen LogP contribution in [-0.2, 0) is 0 Å². The predicted molar refractivity (Wildman–Crippen MR) is 253 cm³/mol. The zero-order valence-corrected chi connectivity index (χ0v) is 33.1. The van der Waals surface area contributed by atoms with Crippen LogP contribution in [0.15, 0.2) is 233 Å². The molecule has 10 rings (SSSR count). The van der Waals surface area contributed by atoms with E-state index < -0.39 is 0 Å². The van der Waals surface area contributed by atoms with Gasteiger partial charge in [0, 0.05) is 39.4 Å². The van der Waals surface area contributed by atoms with Crippen LogP contribution in [0.2, 0.25) is 0 Å². The molecule has 5 heteroatoms. The summed E-state index contributed by atoms with van der Waals surface area (Å²) in [6.45, 7) is 0. The Morgan fingerprint density at radius 3 is 1.59 bits per heavy atom. The minimum absolute atomic E-state index is 0.147. The van der Waals surface area contributed by atoms with Crippen molar-refractivity contribution in [3.63, 3.8) is 0 Å². The van der Waals surface area contributed by atoms with Gasteiger partial charge in [-0.25, -0.2) is 15.0 Å². The molecule has 0 amide bonds. The largest absolute Gasteiger partial charge is 0.455 e. The van der Waals surface area contributed by atoms with Gasteiger partial charge in [-0.3, -0.25) is 5.41 Å². The SMILES string of the molecule is N=C(N=C(N=Cc1ccc(-c2c(-c3cc(-c4ccccc4)cc(-c4ccccc4)c3)oc3c2c(-c2ccccc2)nc2ccccc23)cc1)c1ccccc1)c1ccccc1. The molecule has 2 heterocycles. The molecule has 0 radical (unpaired) electrons. The molecule has 0 fully saturated rings. The first-order valence-electron chi connectivity index (χ1n) is 20.3. The molecule has 61 heavy (non-hydrogen) atoms. The highest BCUT2D eigenvalue weighted by Crippen LogP contribution is 2.48. The molecule has 0 unspecified atom stereocenters. The molecule has 10 aromatic rings. The number of nitrogens with one attached hydrogen (secondary N) is 1. The van der Waals surface area contributed by atoms with Crippen LogP contribution in [0.5, 0.6) is 0 Å². The first-order valence-corrected chi connectivity index (χ1v) is 20.3. The maximum Gasteiger partial charge on any atom is 0.161 e. The van der Waals surface area contributed by atoms with Crippen molar-refractivity contribution in [2.45, 2.75) is 0 Å². The smallest absolute Gasteiger partial charge is 0.161 e. The van der Waals surface area contributed by atoms with Gasteiger partial charge in [0.25, 0.3) is 0 Å². The Kier molecular flexibility index (Phi) is 10.0. The average molecular weight is 783 g/mol. The first kappa shape index (κ1) is 37.0. The van der Waals surface area contributed by atoms with Gasteiger partial charge < -0.3 is 4.42 Å². The minimum Gasteiger partial charge on any atom is -0.455 e. The summed E-state index contributed by atoms with van der Waals surface area (Å²) in [5, 5.41) is 10.6. The number of fused-ring (bicyclic) bond motifs is 3. The van der Waals surface area contributed by atoms with Crippen molar-refractivity contribution in [3.05, 3.63) is 235 Å². The fourth-order valence-electron chi connectivity index (χ4n) is 7.82. The van der Waals surface area contributed by atoms with E-state index in [-0.39, 0.29) is 5.84 Å². The van der Waals surface area contributed by atoms with Gasteiger partial charge in [0.05, 0.1) is 16.6 Å². The summed E-state index contributed by atoms with van der Waals surface area (Å²) in [6.07, 6.45) is 1.81. The predicted octanol–water partition coefficient (Wildman–Crippen LogP) is 14.2. The van der Waals surface area contributed by atoms with E-state index in [4.69, 9.17) is 19.8 Å². The molecule has 0 aliphatic carbocycles. The number of hydrogen-bond donors (Lipinski definition) is 1. The number of nitrogens with zero attached hydrogens (tertiary/aromatic N) is 3. The highest BCUT2D eigenvalue weighted by Gasteiger charge is 2.25. The second-order valence-electron chi connectivity index (χ2n) is 14.8. The van der Waals surface area contributed by atoms with Gasteiger partial charge in [0.1, 0.15) is 11.3 Å². The minimum atomic E-state index is 0.147. The molecule has 0 spiro atoms. The summed E-state index contributed by atoms with van der Waals surface area (Å²) in [4.78, 5) is 14.9. The number of hydrogen-bond acceptors (Lipinski definition) is 3. The van der Waals surface area contributed by atoms with Gasteiger partial charge >= 0.3 is 0 Å². The number of rotatable bonds is 8. The molecule has 0 atom stereocenters. The Bertz CT molecular complexity index is 3150. The van der Waals surface area contributed by atoms with E-state index in [0.717, 1.165) is 94.5 Å². The van der Waals surface area contributed by atoms with E-state index in [1.54, 1.807) is 0 Å². The van der Waals surface area contributed by atoms with E-state index in [1.807, 2.05) is 97.2 Å². The van der Waals surface area contributed by atoms with Crippen molar-refractivity contribution >= 4 is 39.8 Å². The number of amidine groups is 2.